The van der Waals surface area contributed by atoms with Crippen LogP contribution in [0.5, 0.6) is 0 Å². The van der Waals surface area contributed by atoms with Crippen LogP contribution < -0.4 is 5.32 Å². The van der Waals surface area contributed by atoms with Crippen molar-refractivity contribution in [3.05, 3.63) is 18.0 Å². The van der Waals surface area contributed by atoms with E-state index in [2.05, 4.69) is 15.3 Å². The molecule has 0 spiro atoms. The van der Waals surface area contributed by atoms with E-state index >= 15 is 0 Å². The third-order valence-corrected chi connectivity index (χ3v) is 5.35. The summed E-state index contributed by atoms with van der Waals surface area (Å²) in [6.45, 7) is 6.78. The Bertz CT molecular complexity index is 574. The number of carbonyl (C=O) groups is 1. The number of hydrogen-bond acceptors (Lipinski definition) is 5. The molecule has 0 radical (unpaired) electrons. The van der Waals surface area contributed by atoms with E-state index in [0.29, 0.717) is 13.2 Å². The quantitative estimate of drug-likeness (QED) is 0.817. The van der Waals surface area contributed by atoms with Crippen LogP contribution in [0.25, 0.3) is 0 Å². The second kappa shape index (κ2) is 6.82. The number of carbonyl (C=O) groups excluding carboxylic acids is 1. The van der Waals surface area contributed by atoms with E-state index in [1.807, 2.05) is 27.1 Å². The maximum Gasteiger partial charge on any atom is 0.240 e. The molecule has 7 heteroatoms. The first-order chi connectivity index (χ1) is 11.4. The summed E-state index contributed by atoms with van der Waals surface area (Å²) in [5, 5.41) is 17.1. The predicted octanol–water partition coefficient (Wildman–Crippen LogP) is 0.459. The molecule has 1 saturated heterocycles. The maximum atomic E-state index is 13.0. The lowest BCUT2D eigenvalue weighted by molar-refractivity contribution is -0.136. The zero-order chi connectivity index (χ0) is 17.3. The topological polar surface area (TPSA) is 79.6 Å². The minimum atomic E-state index is -0.591. The highest BCUT2D eigenvalue weighted by Crippen LogP contribution is 2.38. The van der Waals surface area contributed by atoms with E-state index in [-0.39, 0.29) is 24.0 Å². The molecule has 1 atom stereocenters. The molecule has 2 fully saturated rings. The molecule has 1 unspecified atom stereocenters. The number of nitrogens with zero attached hydrogens (tertiary/aromatic N) is 3. The van der Waals surface area contributed by atoms with Gasteiger partial charge in [-0.25, -0.2) is 0 Å². The van der Waals surface area contributed by atoms with Crippen molar-refractivity contribution < 1.29 is 14.6 Å². The van der Waals surface area contributed by atoms with Gasteiger partial charge in [-0.1, -0.05) is 0 Å². The predicted molar refractivity (Wildman–Crippen MR) is 89.3 cm³/mol. The van der Waals surface area contributed by atoms with Crippen molar-refractivity contribution in [2.75, 3.05) is 26.3 Å². The van der Waals surface area contributed by atoms with Gasteiger partial charge in [-0.2, -0.15) is 5.10 Å². The highest BCUT2D eigenvalue weighted by molar-refractivity contribution is 5.85. The van der Waals surface area contributed by atoms with Crippen molar-refractivity contribution in [2.45, 2.75) is 44.4 Å². The summed E-state index contributed by atoms with van der Waals surface area (Å²) in [6, 6.07) is -0.102. The average molecular weight is 336 g/mol. The van der Waals surface area contributed by atoms with Crippen LogP contribution in [0, 0.1) is 5.92 Å². The normalized spacial score (nSPS) is 26.7. The van der Waals surface area contributed by atoms with E-state index in [9.17, 15) is 9.90 Å². The minimum absolute atomic E-state index is 0.0136. The van der Waals surface area contributed by atoms with E-state index in [1.54, 1.807) is 10.9 Å². The van der Waals surface area contributed by atoms with Gasteiger partial charge in [-0.3, -0.25) is 14.4 Å². The molecule has 0 aromatic carbocycles. The van der Waals surface area contributed by atoms with Gasteiger partial charge in [0, 0.05) is 31.9 Å². The van der Waals surface area contributed by atoms with E-state index in [0.717, 1.165) is 31.5 Å². The second-order valence-electron chi connectivity index (χ2n) is 7.44. The van der Waals surface area contributed by atoms with Crippen molar-refractivity contribution >= 4 is 5.91 Å². The van der Waals surface area contributed by atoms with Crippen molar-refractivity contribution in [3.8, 4) is 0 Å². The number of hydrogen-bond donors (Lipinski definition) is 2. The van der Waals surface area contributed by atoms with Gasteiger partial charge in [-0.05, 0) is 32.6 Å². The van der Waals surface area contributed by atoms with Crippen LogP contribution in [-0.2, 0) is 16.6 Å². The monoisotopic (exact) mass is 336 g/mol. The fourth-order valence-corrected chi connectivity index (χ4v) is 3.56. The largest absolute Gasteiger partial charge is 0.393 e. The number of rotatable bonds is 5. The summed E-state index contributed by atoms with van der Waals surface area (Å²) in [6.07, 6.45) is 4.93. The van der Waals surface area contributed by atoms with Crippen molar-refractivity contribution in [2.24, 2.45) is 13.0 Å². The van der Waals surface area contributed by atoms with Gasteiger partial charge >= 0.3 is 0 Å². The lowest BCUT2D eigenvalue weighted by Gasteiger charge is -2.42. The summed E-state index contributed by atoms with van der Waals surface area (Å²) >= 11 is 0. The van der Waals surface area contributed by atoms with Crippen LogP contribution >= 0.6 is 0 Å². The van der Waals surface area contributed by atoms with Crippen molar-refractivity contribution in [3.63, 3.8) is 0 Å². The Morgan fingerprint density at radius 1 is 1.42 bits per heavy atom. The number of aromatic nitrogens is 2. The number of aryl methyl sites for hydroxylation is 1. The first-order valence-electron chi connectivity index (χ1n) is 8.68. The van der Waals surface area contributed by atoms with Crippen LogP contribution in [0.4, 0.5) is 0 Å². The molecule has 2 aliphatic rings. The summed E-state index contributed by atoms with van der Waals surface area (Å²) < 4.78 is 7.14. The highest BCUT2D eigenvalue weighted by atomic mass is 16.5. The number of nitrogens with one attached hydrogen (secondary N) is 1. The first kappa shape index (κ1) is 17.4. The molecule has 2 N–H and O–H groups in total. The maximum absolute atomic E-state index is 13.0. The van der Waals surface area contributed by atoms with Gasteiger partial charge in [0.15, 0.2) is 0 Å². The third-order valence-electron chi connectivity index (χ3n) is 5.35. The number of morpholine rings is 1. The molecule has 1 saturated carbocycles. The number of aliphatic hydroxyl groups excluding tert-OH is 1. The Balaban J connectivity index is 1.72. The molecule has 1 aliphatic heterocycles. The SMILES string of the molecule is Cn1cc(C(NC(=O)C(C)(C)N2CCOCC2)C2CC(O)C2)cn1. The van der Waals surface area contributed by atoms with Crippen LogP contribution in [0.15, 0.2) is 12.4 Å². The lowest BCUT2D eigenvalue weighted by atomic mass is 9.75. The van der Waals surface area contributed by atoms with E-state index < -0.39 is 5.54 Å². The van der Waals surface area contributed by atoms with Gasteiger partial charge < -0.3 is 15.2 Å². The molecular formula is C17H28N4O3. The standard InChI is InChI=1S/C17H28N4O3/c1-17(2,21-4-6-24-7-5-21)16(23)19-15(12-8-14(22)9-12)13-10-18-20(3)11-13/h10-12,14-15,22H,4-9H2,1-3H3,(H,19,23). The smallest absolute Gasteiger partial charge is 0.240 e. The molecule has 2 heterocycles. The molecule has 1 amide bonds. The number of ether oxygens (including phenoxy) is 1. The van der Waals surface area contributed by atoms with Crippen molar-refractivity contribution in [1.29, 1.82) is 0 Å². The van der Waals surface area contributed by atoms with Crippen LogP contribution in [0.3, 0.4) is 0 Å². The molecule has 134 valence electrons. The summed E-state index contributed by atoms with van der Waals surface area (Å²) in [4.78, 5) is 15.2. The molecule has 0 bridgehead atoms. The molecular weight excluding hydrogens is 308 g/mol. The summed E-state index contributed by atoms with van der Waals surface area (Å²) in [7, 11) is 1.87. The van der Waals surface area contributed by atoms with Crippen LogP contribution in [0.1, 0.15) is 38.3 Å². The number of amides is 1. The zero-order valence-corrected chi connectivity index (χ0v) is 14.7. The first-order valence-corrected chi connectivity index (χ1v) is 8.68. The molecule has 7 nitrogen and oxygen atoms in total. The van der Waals surface area contributed by atoms with Crippen LogP contribution in [0.2, 0.25) is 0 Å². The van der Waals surface area contributed by atoms with Gasteiger partial charge in [0.2, 0.25) is 5.91 Å². The summed E-state index contributed by atoms with van der Waals surface area (Å²) in [5.41, 5.74) is 0.410. The Morgan fingerprint density at radius 2 is 2.08 bits per heavy atom. The molecule has 1 aromatic rings. The average Bonchev–Trinajstić information content (AvgIpc) is 2.96. The Kier molecular flexibility index (Phi) is 4.94. The fourth-order valence-electron chi connectivity index (χ4n) is 3.56. The number of aliphatic hydroxyl groups is 1. The molecule has 1 aromatic heterocycles. The van der Waals surface area contributed by atoms with Gasteiger partial charge in [0.05, 0.1) is 37.1 Å². The van der Waals surface area contributed by atoms with E-state index in [1.165, 1.54) is 0 Å². The lowest BCUT2D eigenvalue weighted by Crippen LogP contribution is -2.59. The molecule has 24 heavy (non-hydrogen) atoms. The zero-order valence-electron chi connectivity index (χ0n) is 14.7. The Labute approximate surface area is 143 Å². The molecule has 1 aliphatic carbocycles. The summed E-state index contributed by atoms with van der Waals surface area (Å²) in [5.74, 6) is 0.272. The Hall–Kier alpha value is -1.44. The highest BCUT2D eigenvalue weighted by Gasteiger charge is 2.41. The second-order valence-corrected chi connectivity index (χ2v) is 7.44. The van der Waals surface area contributed by atoms with Gasteiger partial charge in [-0.15, -0.1) is 0 Å². The van der Waals surface area contributed by atoms with Gasteiger partial charge in [0.25, 0.3) is 0 Å². The van der Waals surface area contributed by atoms with Crippen LogP contribution in [-0.4, -0.2) is 63.6 Å². The third kappa shape index (κ3) is 3.48. The minimum Gasteiger partial charge on any atom is -0.393 e. The van der Waals surface area contributed by atoms with Gasteiger partial charge in [0.1, 0.15) is 0 Å². The fraction of sp³-hybridized carbons (Fsp3) is 0.765. The van der Waals surface area contributed by atoms with Crippen molar-refractivity contribution in [1.82, 2.24) is 20.0 Å². The van der Waals surface area contributed by atoms with E-state index in [4.69, 9.17) is 4.74 Å². The Morgan fingerprint density at radius 3 is 2.62 bits per heavy atom. The molecule has 3 rings (SSSR count).